The van der Waals surface area contributed by atoms with Crippen molar-refractivity contribution in [1.29, 1.82) is 0 Å². The third-order valence-corrected chi connectivity index (χ3v) is 2.57. The zero-order valence-electron chi connectivity index (χ0n) is 10.4. The molecule has 0 aromatic heterocycles. The molecule has 0 aliphatic carbocycles. The number of unbranched alkanes of at least 4 members (excludes halogenated alkanes) is 1. The average Bonchev–Trinajstić information content (AvgIpc) is 2.37. The molecule has 0 aliphatic rings. The summed E-state index contributed by atoms with van der Waals surface area (Å²) in [6.45, 7) is 1.81. The van der Waals surface area contributed by atoms with E-state index in [4.69, 9.17) is 20.1 Å². The van der Waals surface area contributed by atoms with E-state index in [1.54, 1.807) is 0 Å². The normalized spacial score (nSPS) is 13.9. The number of aliphatic hydroxyl groups is 4. The van der Waals surface area contributed by atoms with Gasteiger partial charge in [-0.2, -0.15) is 0 Å². The summed E-state index contributed by atoms with van der Waals surface area (Å²) in [5, 5.41) is 39.4. The maximum Gasteiger partial charge on any atom is 0.0897 e. The van der Waals surface area contributed by atoms with Crippen LogP contribution in [0, 0.1) is 0 Å². The largest absolute Gasteiger partial charge is 0.394 e. The van der Waals surface area contributed by atoms with E-state index < -0.39 is 31.5 Å². The Bertz CT molecular complexity index is 167. The Morgan fingerprint density at radius 2 is 1.76 bits per heavy atom. The SMILES string of the molecule is CCCCOCC(O)CNC(CO)(CO)CO. The van der Waals surface area contributed by atoms with Crippen molar-refractivity contribution >= 4 is 0 Å². The van der Waals surface area contributed by atoms with Crippen LogP contribution in [0.5, 0.6) is 0 Å². The number of hydrogen-bond donors (Lipinski definition) is 5. The molecule has 0 rings (SSSR count). The lowest BCUT2D eigenvalue weighted by atomic mass is 10.0. The smallest absolute Gasteiger partial charge is 0.0897 e. The number of hydrogen-bond acceptors (Lipinski definition) is 6. The Morgan fingerprint density at radius 3 is 2.24 bits per heavy atom. The average molecular weight is 251 g/mol. The number of aliphatic hydroxyl groups excluding tert-OH is 4. The van der Waals surface area contributed by atoms with Crippen molar-refractivity contribution in [1.82, 2.24) is 5.32 Å². The highest BCUT2D eigenvalue weighted by Crippen LogP contribution is 2.01. The van der Waals surface area contributed by atoms with Crippen LogP contribution in [0.3, 0.4) is 0 Å². The van der Waals surface area contributed by atoms with Crippen molar-refractivity contribution in [2.75, 3.05) is 39.6 Å². The first-order valence-electron chi connectivity index (χ1n) is 5.97. The van der Waals surface area contributed by atoms with Crippen LogP contribution in [-0.4, -0.2) is 71.6 Å². The third kappa shape index (κ3) is 6.92. The molecular formula is C11H25NO5. The Morgan fingerprint density at radius 1 is 1.18 bits per heavy atom. The molecule has 1 atom stereocenters. The Labute approximate surface area is 102 Å². The highest BCUT2D eigenvalue weighted by atomic mass is 16.5. The van der Waals surface area contributed by atoms with Gasteiger partial charge in [0.25, 0.3) is 0 Å². The summed E-state index contributed by atoms with van der Waals surface area (Å²) in [5.74, 6) is 0. The molecule has 17 heavy (non-hydrogen) atoms. The summed E-state index contributed by atoms with van der Waals surface area (Å²) in [7, 11) is 0. The molecule has 0 spiro atoms. The van der Waals surface area contributed by atoms with Gasteiger partial charge in [-0.1, -0.05) is 13.3 Å². The van der Waals surface area contributed by atoms with Crippen LogP contribution in [0.25, 0.3) is 0 Å². The van der Waals surface area contributed by atoms with E-state index in [1.165, 1.54) is 0 Å². The van der Waals surface area contributed by atoms with Gasteiger partial charge in [-0.3, -0.25) is 0 Å². The zero-order chi connectivity index (χ0) is 13.1. The van der Waals surface area contributed by atoms with E-state index >= 15 is 0 Å². The van der Waals surface area contributed by atoms with Gasteiger partial charge in [0, 0.05) is 13.2 Å². The maximum absolute atomic E-state index is 9.57. The number of nitrogens with one attached hydrogen (secondary N) is 1. The molecule has 0 heterocycles. The van der Waals surface area contributed by atoms with E-state index in [2.05, 4.69) is 12.2 Å². The highest BCUT2D eigenvalue weighted by molar-refractivity contribution is 4.86. The predicted molar refractivity (Wildman–Crippen MR) is 63.7 cm³/mol. The molecule has 0 saturated heterocycles. The van der Waals surface area contributed by atoms with Gasteiger partial charge in [0.1, 0.15) is 0 Å². The van der Waals surface area contributed by atoms with Crippen LogP contribution in [0.2, 0.25) is 0 Å². The van der Waals surface area contributed by atoms with Crippen LogP contribution in [-0.2, 0) is 4.74 Å². The fraction of sp³-hybridized carbons (Fsp3) is 1.00. The summed E-state index contributed by atoms with van der Waals surface area (Å²) in [4.78, 5) is 0. The van der Waals surface area contributed by atoms with Crippen molar-refractivity contribution in [2.24, 2.45) is 0 Å². The van der Waals surface area contributed by atoms with Crippen LogP contribution >= 0.6 is 0 Å². The second-order valence-electron chi connectivity index (χ2n) is 4.22. The summed E-state index contributed by atoms with van der Waals surface area (Å²) in [6.07, 6.45) is 1.27. The number of ether oxygens (including phenoxy) is 1. The first kappa shape index (κ1) is 16.8. The highest BCUT2D eigenvalue weighted by Gasteiger charge is 2.27. The standard InChI is InChI=1S/C11H25NO5/c1-2-3-4-17-6-10(16)5-12-11(7-13,8-14)9-15/h10,12-16H,2-9H2,1H3. The fourth-order valence-electron chi connectivity index (χ4n) is 1.18. The summed E-state index contributed by atoms with van der Waals surface area (Å²) < 4.78 is 5.22. The molecule has 5 N–H and O–H groups in total. The molecule has 0 radical (unpaired) electrons. The third-order valence-electron chi connectivity index (χ3n) is 2.57. The van der Waals surface area contributed by atoms with Gasteiger partial charge in [0.15, 0.2) is 0 Å². The topological polar surface area (TPSA) is 102 Å². The van der Waals surface area contributed by atoms with Crippen LogP contribution in [0.4, 0.5) is 0 Å². The molecule has 0 saturated carbocycles. The van der Waals surface area contributed by atoms with Crippen molar-refractivity contribution in [3.8, 4) is 0 Å². The van der Waals surface area contributed by atoms with Gasteiger partial charge < -0.3 is 30.5 Å². The Kier molecular flexibility index (Phi) is 9.62. The lowest BCUT2D eigenvalue weighted by molar-refractivity contribution is 0.00791. The zero-order valence-corrected chi connectivity index (χ0v) is 10.4. The molecule has 0 bridgehead atoms. The minimum Gasteiger partial charge on any atom is -0.394 e. The molecule has 6 nitrogen and oxygen atoms in total. The molecule has 0 aliphatic heterocycles. The quantitative estimate of drug-likeness (QED) is 0.286. The van der Waals surface area contributed by atoms with Gasteiger partial charge in [-0.15, -0.1) is 0 Å². The van der Waals surface area contributed by atoms with E-state index in [0.717, 1.165) is 12.8 Å². The Hall–Kier alpha value is -0.240. The molecule has 1 unspecified atom stereocenters. The molecule has 104 valence electrons. The van der Waals surface area contributed by atoms with Crippen molar-refractivity contribution in [2.45, 2.75) is 31.4 Å². The van der Waals surface area contributed by atoms with Crippen molar-refractivity contribution in [3.05, 3.63) is 0 Å². The van der Waals surface area contributed by atoms with E-state index in [-0.39, 0.29) is 13.2 Å². The second kappa shape index (κ2) is 9.76. The monoisotopic (exact) mass is 251 g/mol. The minimum absolute atomic E-state index is 0.147. The van der Waals surface area contributed by atoms with Crippen LogP contribution in [0.15, 0.2) is 0 Å². The van der Waals surface area contributed by atoms with Gasteiger partial charge in [0.05, 0.1) is 38.1 Å². The number of rotatable bonds is 11. The van der Waals surface area contributed by atoms with E-state index in [0.29, 0.717) is 6.61 Å². The first-order chi connectivity index (χ1) is 8.14. The number of β-amino-alcohol motifs (C(OH)–C–C–N with tert-alkyl or cyclic N) is 1. The molecule has 6 heteroatoms. The summed E-state index contributed by atoms with van der Waals surface area (Å²) >= 11 is 0. The molecular weight excluding hydrogens is 226 g/mol. The first-order valence-corrected chi connectivity index (χ1v) is 5.97. The van der Waals surface area contributed by atoms with Crippen LogP contribution < -0.4 is 5.32 Å². The summed E-state index contributed by atoms with van der Waals surface area (Å²) in [6, 6.07) is 0. The predicted octanol–water partition coefficient (Wildman–Crippen LogP) is -1.53. The van der Waals surface area contributed by atoms with Crippen molar-refractivity contribution < 1.29 is 25.2 Å². The van der Waals surface area contributed by atoms with Gasteiger partial charge in [0.2, 0.25) is 0 Å². The lowest BCUT2D eigenvalue weighted by Gasteiger charge is -2.29. The van der Waals surface area contributed by atoms with Gasteiger partial charge in [-0.25, -0.2) is 0 Å². The molecule has 0 amide bonds. The van der Waals surface area contributed by atoms with Gasteiger partial charge in [-0.05, 0) is 6.42 Å². The summed E-state index contributed by atoms with van der Waals surface area (Å²) in [5.41, 5.74) is -1.15. The minimum atomic E-state index is -1.15. The lowest BCUT2D eigenvalue weighted by Crippen LogP contribution is -2.57. The molecule has 0 aromatic carbocycles. The maximum atomic E-state index is 9.57. The van der Waals surface area contributed by atoms with Gasteiger partial charge >= 0.3 is 0 Å². The fourth-order valence-corrected chi connectivity index (χ4v) is 1.18. The van der Waals surface area contributed by atoms with Crippen molar-refractivity contribution in [3.63, 3.8) is 0 Å². The Balaban J connectivity index is 3.76. The molecule has 0 fully saturated rings. The van der Waals surface area contributed by atoms with Crippen LogP contribution in [0.1, 0.15) is 19.8 Å². The van der Waals surface area contributed by atoms with E-state index in [1.807, 2.05) is 0 Å². The van der Waals surface area contributed by atoms with E-state index in [9.17, 15) is 5.11 Å². The second-order valence-corrected chi connectivity index (χ2v) is 4.22. The molecule has 0 aromatic rings.